The molecular weight excluding hydrogens is 292 g/mol. The van der Waals surface area contributed by atoms with E-state index >= 15 is 0 Å². The van der Waals surface area contributed by atoms with Crippen molar-refractivity contribution in [1.29, 1.82) is 0 Å². The van der Waals surface area contributed by atoms with E-state index in [9.17, 15) is 4.79 Å². The normalized spacial score (nSPS) is 12.6. The molecule has 0 fully saturated rings. The highest BCUT2D eigenvalue weighted by atomic mass is 32.2. The molecule has 0 aliphatic carbocycles. The molecule has 0 bridgehead atoms. The van der Waals surface area contributed by atoms with Gasteiger partial charge in [0.2, 0.25) is 6.79 Å². The van der Waals surface area contributed by atoms with Crippen LogP contribution >= 0.6 is 11.8 Å². The van der Waals surface area contributed by atoms with Gasteiger partial charge in [0.25, 0.3) is 0 Å². The van der Waals surface area contributed by atoms with Gasteiger partial charge in [-0.15, -0.1) is 0 Å². The molecule has 6 nitrogen and oxygen atoms in total. The van der Waals surface area contributed by atoms with Crippen LogP contribution in [0.1, 0.15) is 11.3 Å². The summed E-state index contributed by atoms with van der Waals surface area (Å²) >= 11 is 1.22. The maximum Gasteiger partial charge on any atom is 0.313 e. The van der Waals surface area contributed by atoms with Crippen LogP contribution in [0.5, 0.6) is 11.5 Å². The fourth-order valence-electron chi connectivity index (χ4n) is 2.09. The van der Waals surface area contributed by atoms with E-state index in [0.29, 0.717) is 11.7 Å². The van der Waals surface area contributed by atoms with E-state index in [4.69, 9.17) is 14.6 Å². The van der Waals surface area contributed by atoms with E-state index in [1.165, 1.54) is 11.8 Å². The second-order valence-electron chi connectivity index (χ2n) is 4.64. The lowest BCUT2D eigenvalue weighted by molar-refractivity contribution is -0.133. The summed E-state index contributed by atoms with van der Waals surface area (Å²) in [6.45, 7) is 2.82. The Morgan fingerprint density at radius 2 is 2.24 bits per heavy atom. The van der Waals surface area contributed by atoms with Crippen LogP contribution in [0.15, 0.2) is 29.6 Å². The van der Waals surface area contributed by atoms with Crippen molar-refractivity contribution in [3.05, 3.63) is 35.7 Å². The van der Waals surface area contributed by atoms with Crippen molar-refractivity contribution in [2.45, 2.75) is 18.6 Å². The number of aromatic nitrogens is 2. The first-order chi connectivity index (χ1) is 10.1. The summed E-state index contributed by atoms with van der Waals surface area (Å²) in [5, 5.41) is 9.48. The molecule has 1 aromatic heterocycles. The van der Waals surface area contributed by atoms with Crippen LogP contribution < -0.4 is 9.47 Å². The molecule has 1 N–H and O–H groups in total. The molecule has 0 radical (unpaired) electrons. The van der Waals surface area contributed by atoms with Crippen LogP contribution in [0.2, 0.25) is 0 Å². The molecule has 0 saturated carbocycles. The highest BCUT2D eigenvalue weighted by molar-refractivity contribution is 7.99. The molecule has 3 rings (SSSR count). The van der Waals surface area contributed by atoms with Gasteiger partial charge in [0.1, 0.15) is 0 Å². The van der Waals surface area contributed by atoms with E-state index < -0.39 is 5.97 Å². The second kappa shape index (κ2) is 5.69. The molecule has 2 aromatic rings. The first-order valence-corrected chi connectivity index (χ1v) is 7.37. The van der Waals surface area contributed by atoms with Gasteiger partial charge in [-0.2, -0.15) is 0 Å². The topological polar surface area (TPSA) is 73.6 Å². The van der Waals surface area contributed by atoms with Crippen LogP contribution in [0.25, 0.3) is 0 Å². The van der Waals surface area contributed by atoms with Crippen molar-refractivity contribution in [3.8, 4) is 11.5 Å². The highest BCUT2D eigenvalue weighted by Crippen LogP contribution is 2.33. The van der Waals surface area contributed by atoms with E-state index in [0.717, 1.165) is 22.8 Å². The molecule has 1 aliphatic heterocycles. The predicted octanol–water partition coefficient (Wildman–Crippen LogP) is 2.15. The molecule has 0 spiro atoms. The van der Waals surface area contributed by atoms with Crippen LogP contribution in [0, 0.1) is 6.92 Å². The van der Waals surface area contributed by atoms with E-state index in [-0.39, 0.29) is 12.5 Å². The van der Waals surface area contributed by atoms with Crippen molar-refractivity contribution >= 4 is 17.7 Å². The molecule has 0 saturated heterocycles. The molecule has 7 heteroatoms. The minimum atomic E-state index is -0.852. The molecule has 21 heavy (non-hydrogen) atoms. The molecule has 0 amide bonds. The van der Waals surface area contributed by atoms with Gasteiger partial charge in [0, 0.05) is 18.4 Å². The molecule has 1 aliphatic rings. The van der Waals surface area contributed by atoms with Gasteiger partial charge in [0.05, 0.1) is 5.75 Å². The Labute approximate surface area is 125 Å². The zero-order valence-electron chi connectivity index (χ0n) is 11.4. The van der Waals surface area contributed by atoms with Crippen LogP contribution in [-0.2, 0) is 11.3 Å². The maximum absolute atomic E-state index is 10.7. The Bertz CT molecular complexity index is 684. The largest absolute Gasteiger partial charge is 0.481 e. The average Bonchev–Trinajstić information content (AvgIpc) is 3.04. The number of ether oxygens (including phenoxy) is 2. The number of imidazole rings is 1. The predicted molar refractivity (Wildman–Crippen MR) is 77.0 cm³/mol. The molecule has 110 valence electrons. The van der Waals surface area contributed by atoms with Crippen molar-refractivity contribution < 1.29 is 19.4 Å². The molecule has 2 heterocycles. The van der Waals surface area contributed by atoms with E-state index in [2.05, 4.69) is 4.98 Å². The number of carboxylic acid groups (broad SMARTS) is 1. The lowest BCUT2D eigenvalue weighted by Gasteiger charge is -2.10. The first-order valence-electron chi connectivity index (χ1n) is 6.39. The fourth-order valence-corrected chi connectivity index (χ4v) is 2.84. The summed E-state index contributed by atoms with van der Waals surface area (Å²) < 4.78 is 12.6. The molecular formula is C14H14N2O4S. The zero-order valence-corrected chi connectivity index (χ0v) is 12.2. The number of rotatable bonds is 5. The number of aliphatic carboxylic acids is 1. The van der Waals surface area contributed by atoms with Crippen LogP contribution in [0.4, 0.5) is 0 Å². The number of thioether (sulfide) groups is 1. The highest BCUT2D eigenvalue weighted by Gasteiger charge is 2.15. The lowest BCUT2D eigenvalue weighted by Crippen LogP contribution is -2.06. The number of carboxylic acids is 1. The van der Waals surface area contributed by atoms with E-state index in [1.807, 2.05) is 29.7 Å². The number of fused-ring (bicyclic) bond motifs is 1. The van der Waals surface area contributed by atoms with Gasteiger partial charge < -0.3 is 19.1 Å². The minimum absolute atomic E-state index is 0.00239. The van der Waals surface area contributed by atoms with Crippen molar-refractivity contribution in [2.75, 3.05) is 12.5 Å². The Kier molecular flexibility index (Phi) is 3.74. The van der Waals surface area contributed by atoms with E-state index in [1.54, 1.807) is 6.20 Å². The lowest BCUT2D eigenvalue weighted by atomic mass is 10.2. The summed E-state index contributed by atoms with van der Waals surface area (Å²) in [4.78, 5) is 15.0. The Morgan fingerprint density at radius 3 is 3.05 bits per heavy atom. The summed E-state index contributed by atoms with van der Waals surface area (Å²) in [5.41, 5.74) is 2.04. The molecule has 0 unspecified atom stereocenters. The Hall–Kier alpha value is -2.15. The number of benzene rings is 1. The fraction of sp³-hybridized carbons (Fsp3) is 0.286. The third-order valence-electron chi connectivity index (χ3n) is 3.12. The summed E-state index contributed by atoms with van der Waals surface area (Å²) in [6.07, 6.45) is 1.75. The SMILES string of the molecule is Cc1cnc(SCC(=O)O)n1Cc1ccc2c(c1)OCO2. The zero-order chi connectivity index (χ0) is 14.8. The number of aryl methyl sites for hydroxylation is 1. The molecule has 1 aromatic carbocycles. The minimum Gasteiger partial charge on any atom is -0.481 e. The Morgan fingerprint density at radius 1 is 1.43 bits per heavy atom. The van der Waals surface area contributed by atoms with Crippen LogP contribution in [0.3, 0.4) is 0 Å². The van der Waals surface area contributed by atoms with Crippen molar-refractivity contribution in [3.63, 3.8) is 0 Å². The summed E-state index contributed by atoms with van der Waals surface area (Å²) in [7, 11) is 0. The van der Waals surface area contributed by atoms with Gasteiger partial charge in [-0.1, -0.05) is 17.8 Å². The van der Waals surface area contributed by atoms with Gasteiger partial charge in [-0.25, -0.2) is 4.98 Å². The van der Waals surface area contributed by atoms with Crippen molar-refractivity contribution in [2.24, 2.45) is 0 Å². The second-order valence-corrected chi connectivity index (χ2v) is 5.58. The maximum atomic E-state index is 10.7. The number of hydrogen-bond acceptors (Lipinski definition) is 5. The monoisotopic (exact) mass is 306 g/mol. The molecule has 0 atom stereocenters. The van der Waals surface area contributed by atoms with Gasteiger partial charge in [-0.3, -0.25) is 4.79 Å². The third kappa shape index (κ3) is 2.97. The Balaban J connectivity index is 1.81. The smallest absolute Gasteiger partial charge is 0.313 e. The van der Waals surface area contributed by atoms with Gasteiger partial charge in [0.15, 0.2) is 16.7 Å². The summed E-state index contributed by atoms with van der Waals surface area (Å²) in [6, 6.07) is 5.79. The first kappa shape index (κ1) is 13.8. The van der Waals surface area contributed by atoms with Crippen molar-refractivity contribution in [1.82, 2.24) is 9.55 Å². The summed E-state index contributed by atoms with van der Waals surface area (Å²) in [5.74, 6) is 0.638. The van der Waals surface area contributed by atoms with Crippen LogP contribution in [-0.4, -0.2) is 33.2 Å². The van der Waals surface area contributed by atoms with Gasteiger partial charge in [-0.05, 0) is 24.6 Å². The standard InChI is InChI=1S/C14H14N2O4S/c1-9-5-15-14(21-7-13(17)18)16(9)6-10-2-3-11-12(4-10)20-8-19-11/h2-5H,6-8H2,1H3,(H,17,18). The third-order valence-corrected chi connectivity index (χ3v) is 4.10. The number of hydrogen-bond donors (Lipinski definition) is 1. The number of nitrogens with zero attached hydrogens (tertiary/aromatic N) is 2. The van der Waals surface area contributed by atoms with Gasteiger partial charge >= 0.3 is 5.97 Å². The quantitative estimate of drug-likeness (QED) is 0.853. The average molecular weight is 306 g/mol. The number of carbonyl (C=O) groups is 1.